The number of ether oxygens (including phenoxy) is 1. The van der Waals surface area contributed by atoms with Gasteiger partial charge in [0.25, 0.3) is 5.91 Å². The largest absolute Gasteiger partial charge is 0.479 e. The molecule has 1 rings (SSSR count). The van der Waals surface area contributed by atoms with Crippen molar-refractivity contribution in [3.05, 3.63) is 34.9 Å². The van der Waals surface area contributed by atoms with E-state index in [1.165, 1.54) is 13.2 Å². The number of carboxylic acids is 1. The lowest BCUT2D eigenvalue weighted by atomic mass is 10.2. The van der Waals surface area contributed by atoms with E-state index in [-0.39, 0.29) is 6.54 Å². The quantitative estimate of drug-likeness (QED) is 0.830. The topological polar surface area (TPSA) is 75.6 Å². The number of hydrogen-bond donors (Lipinski definition) is 2. The van der Waals surface area contributed by atoms with E-state index in [2.05, 4.69) is 10.1 Å². The Hall–Kier alpha value is -1.59. The maximum absolute atomic E-state index is 11.6. The summed E-state index contributed by atoms with van der Waals surface area (Å²) in [4.78, 5) is 22.3. The molecule has 17 heavy (non-hydrogen) atoms. The fraction of sp³-hybridized carbons (Fsp3) is 0.273. The highest BCUT2D eigenvalue weighted by atomic mass is 35.5. The van der Waals surface area contributed by atoms with Gasteiger partial charge >= 0.3 is 5.97 Å². The molecule has 1 unspecified atom stereocenters. The fourth-order valence-corrected chi connectivity index (χ4v) is 1.38. The normalized spacial score (nSPS) is 11.9. The highest BCUT2D eigenvalue weighted by Crippen LogP contribution is 2.10. The van der Waals surface area contributed by atoms with E-state index in [0.29, 0.717) is 10.6 Å². The first-order valence-corrected chi connectivity index (χ1v) is 5.21. The smallest absolute Gasteiger partial charge is 0.334 e. The van der Waals surface area contributed by atoms with E-state index in [1.54, 1.807) is 18.2 Å². The van der Waals surface area contributed by atoms with Crippen molar-refractivity contribution < 1.29 is 19.4 Å². The van der Waals surface area contributed by atoms with Gasteiger partial charge in [-0.1, -0.05) is 17.7 Å². The Morgan fingerprint density at radius 3 is 2.76 bits per heavy atom. The van der Waals surface area contributed by atoms with Crippen molar-refractivity contribution in [2.24, 2.45) is 0 Å². The molecule has 0 heterocycles. The number of benzene rings is 1. The molecule has 0 aliphatic rings. The number of halogens is 1. The zero-order valence-corrected chi connectivity index (χ0v) is 9.90. The molecule has 1 aromatic rings. The molecule has 0 radical (unpaired) electrons. The zero-order valence-electron chi connectivity index (χ0n) is 9.14. The van der Waals surface area contributed by atoms with Crippen molar-refractivity contribution in [1.29, 1.82) is 0 Å². The second-order valence-electron chi connectivity index (χ2n) is 3.28. The van der Waals surface area contributed by atoms with Gasteiger partial charge in [0, 0.05) is 17.7 Å². The summed E-state index contributed by atoms with van der Waals surface area (Å²) in [6.07, 6.45) is -1.06. The van der Waals surface area contributed by atoms with Gasteiger partial charge in [-0.3, -0.25) is 4.79 Å². The molecule has 0 fully saturated rings. The van der Waals surface area contributed by atoms with Crippen LogP contribution in [-0.4, -0.2) is 36.7 Å². The molecule has 92 valence electrons. The first-order chi connectivity index (χ1) is 8.04. The molecule has 1 aromatic carbocycles. The molecule has 1 amide bonds. The molecule has 5 nitrogen and oxygen atoms in total. The van der Waals surface area contributed by atoms with Crippen molar-refractivity contribution in [3.8, 4) is 0 Å². The van der Waals surface area contributed by atoms with Crippen molar-refractivity contribution >= 4 is 23.5 Å². The van der Waals surface area contributed by atoms with Crippen LogP contribution in [0.2, 0.25) is 5.02 Å². The maximum Gasteiger partial charge on any atom is 0.334 e. The first-order valence-electron chi connectivity index (χ1n) is 4.84. The highest BCUT2D eigenvalue weighted by Gasteiger charge is 2.17. The summed E-state index contributed by atoms with van der Waals surface area (Å²) in [6, 6.07) is 6.37. The molecule has 2 N–H and O–H groups in total. The lowest BCUT2D eigenvalue weighted by Gasteiger charge is -2.11. The van der Waals surface area contributed by atoms with E-state index in [4.69, 9.17) is 16.7 Å². The minimum atomic E-state index is -1.13. The van der Waals surface area contributed by atoms with Crippen molar-refractivity contribution in [2.75, 3.05) is 13.7 Å². The summed E-state index contributed by atoms with van der Waals surface area (Å²) in [5.41, 5.74) is 0.373. The van der Waals surface area contributed by atoms with Crippen LogP contribution in [0.25, 0.3) is 0 Å². The number of methoxy groups -OCH3 is 1. The molecule has 0 aliphatic heterocycles. The summed E-state index contributed by atoms with van der Waals surface area (Å²) in [6.45, 7) is -0.100. The minimum absolute atomic E-state index is 0.100. The summed E-state index contributed by atoms with van der Waals surface area (Å²) >= 11 is 5.73. The van der Waals surface area contributed by atoms with Gasteiger partial charge in [-0.25, -0.2) is 4.79 Å². The second kappa shape index (κ2) is 6.22. The average Bonchev–Trinajstić information content (AvgIpc) is 2.29. The number of carbonyl (C=O) groups is 2. The Morgan fingerprint density at radius 2 is 2.24 bits per heavy atom. The van der Waals surface area contributed by atoms with Gasteiger partial charge in [0.05, 0.1) is 6.54 Å². The predicted octanol–water partition coefficient (Wildman–Crippen LogP) is 1.17. The van der Waals surface area contributed by atoms with E-state index < -0.39 is 18.0 Å². The molecule has 0 aliphatic carbocycles. The highest BCUT2D eigenvalue weighted by molar-refractivity contribution is 6.30. The number of amides is 1. The van der Waals surface area contributed by atoms with Crippen LogP contribution in [-0.2, 0) is 9.53 Å². The molecular weight excluding hydrogens is 246 g/mol. The SMILES string of the molecule is COC(CNC(=O)c1cccc(Cl)c1)C(=O)O. The average molecular weight is 258 g/mol. The van der Waals surface area contributed by atoms with E-state index in [9.17, 15) is 9.59 Å². The Balaban J connectivity index is 2.58. The molecule has 0 saturated heterocycles. The van der Waals surface area contributed by atoms with Crippen LogP contribution in [0.15, 0.2) is 24.3 Å². The van der Waals surface area contributed by atoms with Crippen LogP contribution < -0.4 is 5.32 Å². The van der Waals surface area contributed by atoms with E-state index in [0.717, 1.165) is 0 Å². The monoisotopic (exact) mass is 257 g/mol. The lowest BCUT2D eigenvalue weighted by Crippen LogP contribution is -2.37. The summed E-state index contributed by atoms with van der Waals surface area (Å²) in [5.74, 6) is -1.52. The van der Waals surface area contributed by atoms with Gasteiger partial charge in [-0.15, -0.1) is 0 Å². The third-order valence-electron chi connectivity index (χ3n) is 2.09. The molecule has 0 bridgehead atoms. The van der Waals surface area contributed by atoms with Gasteiger partial charge < -0.3 is 15.2 Å². The van der Waals surface area contributed by atoms with Crippen LogP contribution in [0, 0.1) is 0 Å². The van der Waals surface area contributed by atoms with Gasteiger partial charge in [0.15, 0.2) is 6.10 Å². The predicted molar refractivity (Wildman–Crippen MR) is 62.2 cm³/mol. The molecule has 1 atom stereocenters. The third-order valence-corrected chi connectivity index (χ3v) is 2.33. The van der Waals surface area contributed by atoms with Gasteiger partial charge in [-0.2, -0.15) is 0 Å². The number of rotatable bonds is 5. The van der Waals surface area contributed by atoms with Crippen LogP contribution >= 0.6 is 11.6 Å². The second-order valence-corrected chi connectivity index (χ2v) is 3.72. The number of hydrogen-bond acceptors (Lipinski definition) is 3. The molecule has 6 heteroatoms. The van der Waals surface area contributed by atoms with Crippen LogP contribution in [0.5, 0.6) is 0 Å². The number of carboxylic acid groups (broad SMARTS) is 1. The summed E-state index contributed by atoms with van der Waals surface area (Å²) in [5, 5.41) is 11.6. The number of carbonyl (C=O) groups excluding carboxylic acids is 1. The van der Waals surface area contributed by atoms with Gasteiger partial charge in [-0.05, 0) is 18.2 Å². The third kappa shape index (κ3) is 4.05. The Morgan fingerprint density at radius 1 is 1.53 bits per heavy atom. The maximum atomic E-state index is 11.6. The standard InChI is InChI=1S/C11H12ClNO4/c1-17-9(11(15)16)6-13-10(14)7-3-2-4-8(12)5-7/h2-5,9H,6H2,1H3,(H,13,14)(H,15,16). The van der Waals surface area contributed by atoms with Crippen molar-refractivity contribution in [1.82, 2.24) is 5.32 Å². The fourth-order valence-electron chi connectivity index (χ4n) is 1.19. The Bertz CT molecular complexity index is 422. The van der Waals surface area contributed by atoms with E-state index >= 15 is 0 Å². The van der Waals surface area contributed by atoms with Gasteiger partial charge in [0.2, 0.25) is 0 Å². The van der Waals surface area contributed by atoms with Crippen LogP contribution in [0.3, 0.4) is 0 Å². The van der Waals surface area contributed by atoms with Crippen LogP contribution in [0.4, 0.5) is 0 Å². The number of nitrogens with one attached hydrogen (secondary N) is 1. The molecule has 0 spiro atoms. The zero-order chi connectivity index (χ0) is 12.8. The summed E-state index contributed by atoms with van der Waals surface area (Å²) < 4.78 is 4.68. The molecule has 0 saturated carbocycles. The van der Waals surface area contributed by atoms with E-state index in [1.807, 2.05) is 0 Å². The minimum Gasteiger partial charge on any atom is -0.479 e. The Kier molecular flexibility index (Phi) is 4.93. The first kappa shape index (κ1) is 13.5. The molecular formula is C11H12ClNO4. The van der Waals surface area contributed by atoms with Gasteiger partial charge in [0.1, 0.15) is 0 Å². The van der Waals surface area contributed by atoms with Crippen molar-refractivity contribution in [3.63, 3.8) is 0 Å². The van der Waals surface area contributed by atoms with Crippen LogP contribution in [0.1, 0.15) is 10.4 Å². The number of aliphatic carboxylic acids is 1. The molecule has 0 aromatic heterocycles. The van der Waals surface area contributed by atoms with Crippen molar-refractivity contribution in [2.45, 2.75) is 6.10 Å². The Labute approximate surface area is 103 Å². The lowest BCUT2D eigenvalue weighted by molar-refractivity contribution is -0.148. The summed E-state index contributed by atoms with van der Waals surface area (Å²) in [7, 11) is 1.27.